The molecule has 3 nitrogen and oxygen atoms in total. The Morgan fingerprint density at radius 2 is 2.05 bits per heavy atom. The Morgan fingerprint density at radius 1 is 1.26 bits per heavy atom. The Bertz CT molecular complexity index is 610. The summed E-state index contributed by atoms with van der Waals surface area (Å²) in [6, 6.07) is 8.01. The van der Waals surface area contributed by atoms with Crippen molar-refractivity contribution in [2.45, 2.75) is 24.8 Å². The maximum absolute atomic E-state index is 6.13. The first-order valence-corrected chi connectivity index (χ1v) is 7.40. The fraction of sp³-hybridized carbons (Fsp3) is 0.286. The molecule has 0 amide bonds. The molecule has 1 aliphatic rings. The number of ether oxygens (including phenoxy) is 1. The van der Waals surface area contributed by atoms with Crippen LogP contribution in [0.1, 0.15) is 23.2 Å². The number of rotatable bonds is 1. The molecule has 0 fully saturated rings. The Balaban J connectivity index is 1.93. The van der Waals surface area contributed by atoms with Crippen molar-refractivity contribution < 1.29 is 4.74 Å². The molecule has 19 heavy (non-hydrogen) atoms. The van der Waals surface area contributed by atoms with Gasteiger partial charge in [0.25, 0.3) is 0 Å². The molecule has 3 rings (SSSR count). The highest BCUT2D eigenvalue weighted by molar-refractivity contribution is 7.99. The van der Waals surface area contributed by atoms with Crippen LogP contribution in [-0.2, 0) is 0 Å². The van der Waals surface area contributed by atoms with Gasteiger partial charge in [0.05, 0.1) is 0 Å². The number of benzene rings is 1. The standard InChI is InChI=1S/C14H13ClN2OS/c1-8-9(2)16-14(17-13(8)15)11-7-19-12-6-4-3-5-10(12)18-11/h3-6,11H,7H2,1-2H3. The van der Waals surface area contributed by atoms with Crippen LogP contribution >= 0.6 is 23.4 Å². The maximum atomic E-state index is 6.13. The summed E-state index contributed by atoms with van der Waals surface area (Å²) in [7, 11) is 0. The minimum atomic E-state index is -0.142. The van der Waals surface area contributed by atoms with Crippen LogP contribution in [0.15, 0.2) is 29.2 Å². The zero-order valence-corrected chi connectivity index (χ0v) is 12.3. The van der Waals surface area contributed by atoms with Crippen LogP contribution in [0.25, 0.3) is 0 Å². The van der Waals surface area contributed by atoms with E-state index in [9.17, 15) is 0 Å². The van der Waals surface area contributed by atoms with Crippen molar-refractivity contribution in [1.82, 2.24) is 9.97 Å². The smallest absolute Gasteiger partial charge is 0.171 e. The third kappa shape index (κ3) is 2.42. The van der Waals surface area contributed by atoms with Gasteiger partial charge in [-0.15, -0.1) is 11.8 Å². The van der Waals surface area contributed by atoms with E-state index in [1.54, 1.807) is 11.8 Å². The number of hydrogen-bond donors (Lipinski definition) is 0. The van der Waals surface area contributed by atoms with Crippen molar-refractivity contribution in [3.63, 3.8) is 0 Å². The van der Waals surface area contributed by atoms with Crippen molar-refractivity contribution >= 4 is 23.4 Å². The highest BCUT2D eigenvalue weighted by atomic mass is 35.5. The van der Waals surface area contributed by atoms with Crippen LogP contribution in [0.4, 0.5) is 0 Å². The molecule has 98 valence electrons. The summed E-state index contributed by atoms with van der Waals surface area (Å²) in [5.41, 5.74) is 1.83. The van der Waals surface area contributed by atoms with Gasteiger partial charge in [-0.2, -0.15) is 0 Å². The van der Waals surface area contributed by atoms with Gasteiger partial charge in [-0.1, -0.05) is 23.7 Å². The first-order valence-electron chi connectivity index (χ1n) is 6.04. The number of aryl methyl sites for hydroxylation is 1. The summed E-state index contributed by atoms with van der Waals surface area (Å²) in [5.74, 6) is 2.35. The summed E-state index contributed by atoms with van der Waals surface area (Å²) >= 11 is 7.88. The largest absolute Gasteiger partial charge is 0.480 e. The fourth-order valence-corrected chi connectivity index (χ4v) is 3.11. The number of aromatic nitrogens is 2. The lowest BCUT2D eigenvalue weighted by Gasteiger charge is -2.24. The topological polar surface area (TPSA) is 35.0 Å². The van der Waals surface area contributed by atoms with E-state index in [-0.39, 0.29) is 6.10 Å². The van der Waals surface area contributed by atoms with Gasteiger partial charge in [0.2, 0.25) is 0 Å². The van der Waals surface area contributed by atoms with E-state index < -0.39 is 0 Å². The zero-order chi connectivity index (χ0) is 13.4. The van der Waals surface area contributed by atoms with Crippen molar-refractivity contribution in [2.24, 2.45) is 0 Å². The SMILES string of the molecule is Cc1nc(C2CSc3ccccc3O2)nc(Cl)c1C. The summed E-state index contributed by atoms with van der Waals surface area (Å²) < 4.78 is 5.96. The molecular weight excluding hydrogens is 280 g/mol. The van der Waals surface area contributed by atoms with Crippen LogP contribution in [0, 0.1) is 13.8 Å². The number of thioether (sulfide) groups is 1. The summed E-state index contributed by atoms with van der Waals surface area (Å²) in [6.07, 6.45) is -0.142. The molecular formula is C14H13ClN2OS. The molecule has 0 spiro atoms. The van der Waals surface area contributed by atoms with Crippen molar-refractivity contribution in [3.8, 4) is 5.75 Å². The Hall–Kier alpha value is -1.26. The molecule has 1 atom stereocenters. The number of para-hydroxylation sites is 1. The van der Waals surface area contributed by atoms with Crippen LogP contribution < -0.4 is 4.74 Å². The molecule has 2 aromatic rings. The lowest BCUT2D eigenvalue weighted by atomic mass is 10.2. The van der Waals surface area contributed by atoms with Gasteiger partial charge in [0, 0.05) is 21.9 Å². The second-order valence-corrected chi connectivity index (χ2v) is 5.87. The second kappa shape index (κ2) is 5.02. The minimum absolute atomic E-state index is 0.142. The number of nitrogens with zero attached hydrogens (tertiary/aromatic N) is 2. The van der Waals surface area contributed by atoms with E-state index in [1.165, 1.54) is 0 Å². The van der Waals surface area contributed by atoms with E-state index in [1.807, 2.05) is 32.0 Å². The van der Waals surface area contributed by atoms with Crippen molar-refractivity contribution in [1.29, 1.82) is 0 Å². The predicted molar refractivity (Wildman–Crippen MR) is 77.1 cm³/mol. The van der Waals surface area contributed by atoms with E-state index in [0.29, 0.717) is 11.0 Å². The molecule has 0 bridgehead atoms. The number of hydrogen-bond acceptors (Lipinski definition) is 4. The molecule has 1 aromatic carbocycles. The molecule has 2 heterocycles. The highest BCUT2D eigenvalue weighted by Gasteiger charge is 2.24. The monoisotopic (exact) mass is 292 g/mol. The molecule has 0 saturated carbocycles. The highest BCUT2D eigenvalue weighted by Crippen LogP contribution is 2.39. The molecule has 0 aliphatic carbocycles. The van der Waals surface area contributed by atoms with Gasteiger partial charge in [-0.3, -0.25) is 0 Å². The molecule has 0 saturated heterocycles. The summed E-state index contributed by atoms with van der Waals surface area (Å²) in [4.78, 5) is 10.0. The average Bonchev–Trinajstić information content (AvgIpc) is 2.43. The Morgan fingerprint density at radius 3 is 2.84 bits per heavy atom. The second-order valence-electron chi connectivity index (χ2n) is 4.45. The van der Waals surface area contributed by atoms with Gasteiger partial charge in [-0.05, 0) is 26.0 Å². The number of halogens is 1. The van der Waals surface area contributed by atoms with Crippen molar-refractivity contribution in [2.75, 3.05) is 5.75 Å². The quantitative estimate of drug-likeness (QED) is 0.745. The fourth-order valence-electron chi connectivity index (χ4n) is 1.91. The molecule has 0 N–H and O–H groups in total. The molecule has 5 heteroatoms. The third-order valence-corrected chi connectivity index (χ3v) is 4.63. The van der Waals surface area contributed by atoms with Crippen molar-refractivity contribution in [3.05, 3.63) is 46.5 Å². The van der Waals surface area contributed by atoms with Crippen LogP contribution in [0.5, 0.6) is 5.75 Å². The average molecular weight is 293 g/mol. The predicted octanol–water partition coefficient (Wildman–Crippen LogP) is 3.97. The number of fused-ring (bicyclic) bond motifs is 1. The van der Waals surface area contributed by atoms with Crippen LogP contribution in [0.2, 0.25) is 5.15 Å². The Labute approximate surface area is 121 Å². The van der Waals surface area contributed by atoms with E-state index in [2.05, 4.69) is 16.0 Å². The summed E-state index contributed by atoms with van der Waals surface area (Å²) in [5, 5.41) is 0.509. The maximum Gasteiger partial charge on any atom is 0.171 e. The molecule has 1 aromatic heterocycles. The Kier molecular flexibility index (Phi) is 3.37. The van der Waals surface area contributed by atoms with Gasteiger partial charge in [0.15, 0.2) is 11.9 Å². The van der Waals surface area contributed by atoms with Gasteiger partial charge in [-0.25, -0.2) is 9.97 Å². The molecule has 1 unspecified atom stereocenters. The minimum Gasteiger partial charge on any atom is -0.480 e. The molecule has 1 aliphatic heterocycles. The lowest BCUT2D eigenvalue weighted by molar-refractivity contribution is 0.210. The summed E-state index contributed by atoms with van der Waals surface area (Å²) in [6.45, 7) is 3.86. The van der Waals surface area contributed by atoms with E-state index >= 15 is 0 Å². The van der Waals surface area contributed by atoms with Gasteiger partial charge < -0.3 is 4.74 Å². The first-order chi connectivity index (χ1) is 9.15. The van der Waals surface area contributed by atoms with E-state index in [4.69, 9.17) is 16.3 Å². The van der Waals surface area contributed by atoms with Gasteiger partial charge in [0.1, 0.15) is 10.9 Å². The van der Waals surface area contributed by atoms with Gasteiger partial charge >= 0.3 is 0 Å². The zero-order valence-electron chi connectivity index (χ0n) is 10.7. The first kappa shape index (κ1) is 12.8. The normalized spacial score (nSPS) is 17.7. The third-order valence-electron chi connectivity index (χ3n) is 3.14. The van der Waals surface area contributed by atoms with Crippen LogP contribution in [0.3, 0.4) is 0 Å². The van der Waals surface area contributed by atoms with E-state index in [0.717, 1.165) is 27.7 Å². The molecule has 0 radical (unpaired) electrons. The lowest BCUT2D eigenvalue weighted by Crippen LogP contribution is -2.18. The van der Waals surface area contributed by atoms with Crippen LogP contribution in [-0.4, -0.2) is 15.7 Å².